The van der Waals surface area contributed by atoms with Crippen molar-refractivity contribution < 1.29 is 9.90 Å². The number of hydrogen-bond donors (Lipinski definition) is 2. The molecule has 0 amide bonds. The van der Waals surface area contributed by atoms with E-state index in [2.05, 4.69) is 35.4 Å². The van der Waals surface area contributed by atoms with Crippen LogP contribution < -0.4 is 5.32 Å². The fourth-order valence-electron chi connectivity index (χ4n) is 3.14. The number of aromatic nitrogens is 1. The minimum atomic E-state index is -0.654. The Kier molecular flexibility index (Phi) is 3.78. The van der Waals surface area contributed by atoms with Crippen molar-refractivity contribution in [1.82, 2.24) is 4.98 Å². The lowest BCUT2D eigenvalue weighted by Gasteiger charge is -2.28. The second kappa shape index (κ2) is 5.72. The predicted octanol–water partition coefficient (Wildman–Crippen LogP) is 3.60. The summed E-state index contributed by atoms with van der Waals surface area (Å²) in [5.41, 5.74) is 3.30. The molecule has 3 rings (SSSR count). The van der Waals surface area contributed by atoms with Gasteiger partial charge in [-0.1, -0.05) is 6.07 Å². The van der Waals surface area contributed by atoms with Crippen LogP contribution in [0.25, 0.3) is 10.9 Å². The molecule has 4 heteroatoms. The number of carboxylic acid groups (broad SMARTS) is 1. The number of pyridine rings is 1. The van der Waals surface area contributed by atoms with Crippen LogP contribution in [-0.2, 0) is 4.79 Å². The van der Waals surface area contributed by atoms with Crippen molar-refractivity contribution in [3.05, 3.63) is 36.0 Å². The van der Waals surface area contributed by atoms with Gasteiger partial charge in [-0.05, 0) is 56.4 Å². The van der Waals surface area contributed by atoms with E-state index in [4.69, 9.17) is 5.11 Å². The average Bonchev–Trinajstić information content (AvgIpc) is 2.51. The summed E-state index contributed by atoms with van der Waals surface area (Å²) < 4.78 is 0. The molecule has 0 unspecified atom stereocenters. The SMILES string of the molecule is Cc1ccc(NC2CCC(C(=O)O)CC2)c2cccnc12. The second-order valence-corrected chi connectivity index (χ2v) is 5.86. The van der Waals surface area contributed by atoms with Gasteiger partial charge in [0.25, 0.3) is 0 Å². The first kappa shape index (κ1) is 13.9. The zero-order valence-corrected chi connectivity index (χ0v) is 12.2. The molecule has 1 heterocycles. The number of aliphatic carboxylic acids is 1. The normalized spacial score (nSPS) is 22.1. The summed E-state index contributed by atoms with van der Waals surface area (Å²) in [5.74, 6) is -0.821. The third-order valence-corrected chi connectivity index (χ3v) is 4.41. The van der Waals surface area contributed by atoms with Crippen LogP contribution in [0.3, 0.4) is 0 Å². The van der Waals surface area contributed by atoms with Gasteiger partial charge >= 0.3 is 5.97 Å². The summed E-state index contributed by atoms with van der Waals surface area (Å²) in [6.07, 6.45) is 5.15. The van der Waals surface area contributed by atoms with Gasteiger partial charge in [-0.25, -0.2) is 0 Å². The van der Waals surface area contributed by atoms with Gasteiger partial charge in [0.15, 0.2) is 0 Å². The molecule has 0 bridgehead atoms. The fraction of sp³-hybridized carbons (Fsp3) is 0.412. The van der Waals surface area contributed by atoms with Gasteiger partial charge in [0, 0.05) is 23.3 Å². The maximum Gasteiger partial charge on any atom is 0.306 e. The fourth-order valence-corrected chi connectivity index (χ4v) is 3.14. The first-order valence-electron chi connectivity index (χ1n) is 7.49. The summed E-state index contributed by atoms with van der Waals surface area (Å²) >= 11 is 0. The summed E-state index contributed by atoms with van der Waals surface area (Å²) in [7, 11) is 0. The smallest absolute Gasteiger partial charge is 0.306 e. The highest BCUT2D eigenvalue weighted by Crippen LogP contribution is 2.30. The molecular weight excluding hydrogens is 264 g/mol. The van der Waals surface area contributed by atoms with Gasteiger partial charge < -0.3 is 10.4 Å². The van der Waals surface area contributed by atoms with Gasteiger partial charge in [-0.3, -0.25) is 9.78 Å². The number of anilines is 1. The van der Waals surface area contributed by atoms with Crippen LogP contribution in [0.1, 0.15) is 31.2 Å². The van der Waals surface area contributed by atoms with Gasteiger partial charge in [-0.2, -0.15) is 0 Å². The highest BCUT2D eigenvalue weighted by atomic mass is 16.4. The minimum absolute atomic E-state index is 0.167. The molecule has 1 aliphatic rings. The first-order chi connectivity index (χ1) is 10.1. The maximum absolute atomic E-state index is 11.0. The van der Waals surface area contributed by atoms with E-state index in [0.29, 0.717) is 6.04 Å². The lowest BCUT2D eigenvalue weighted by Crippen LogP contribution is -2.29. The minimum Gasteiger partial charge on any atom is -0.481 e. The molecular formula is C17H20N2O2. The Morgan fingerprint density at radius 1 is 1.24 bits per heavy atom. The van der Waals surface area contributed by atoms with E-state index in [-0.39, 0.29) is 5.92 Å². The number of nitrogens with one attached hydrogen (secondary N) is 1. The third-order valence-electron chi connectivity index (χ3n) is 4.41. The lowest BCUT2D eigenvalue weighted by atomic mass is 9.86. The van der Waals surface area contributed by atoms with Crippen LogP contribution in [0.5, 0.6) is 0 Å². The zero-order chi connectivity index (χ0) is 14.8. The van der Waals surface area contributed by atoms with Crippen molar-refractivity contribution in [2.24, 2.45) is 5.92 Å². The number of hydrogen-bond acceptors (Lipinski definition) is 3. The van der Waals surface area contributed by atoms with Crippen molar-refractivity contribution in [2.75, 3.05) is 5.32 Å². The lowest BCUT2D eigenvalue weighted by molar-refractivity contribution is -0.142. The molecule has 1 saturated carbocycles. The number of benzene rings is 1. The summed E-state index contributed by atoms with van der Waals surface area (Å²) in [6.45, 7) is 2.07. The Morgan fingerprint density at radius 2 is 2.00 bits per heavy atom. The number of fused-ring (bicyclic) bond motifs is 1. The molecule has 0 saturated heterocycles. The molecule has 2 N–H and O–H groups in total. The zero-order valence-electron chi connectivity index (χ0n) is 12.2. The first-order valence-corrected chi connectivity index (χ1v) is 7.49. The van der Waals surface area contributed by atoms with Crippen molar-refractivity contribution in [3.63, 3.8) is 0 Å². The van der Waals surface area contributed by atoms with Crippen molar-refractivity contribution in [3.8, 4) is 0 Å². The molecule has 1 aromatic heterocycles. The Hall–Kier alpha value is -2.10. The number of carboxylic acids is 1. The van der Waals surface area contributed by atoms with Crippen molar-refractivity contribution in [1.29, 1.82) is 0 Å². The topological polar surface area (TPSA) is 62.2 Å². The molecule has 0 atom stereocenters. The molecule has 0 aliphatic heterocycles. The Labute approximate surface area is 124 Å². The molecule has 110 valence electrons. The van der Waals surface area contributed by atoms with E-state index < -0.39 is 5.97 Å². The van der Waals surface area contributed by atoms with Crippen molar-refractivity contribution >= 4 is 22.6 Å². The molecule has 4 nitrogen and oxygen atoms in total. The van der Waals surface area contributed by atoms with E-state index in [1.165, 1.54) is 5.56 Å². The van der Waals surface area contributed by atoms with E-state index in [9.17, 15) is 4.79 Å². The Balaban J connectivity index is 1.77. The number of aryl methyl sites for hydroxylation is 1. The molecule has 0 radical (unpaired) electrons. The maximum atomic E-state index is 11.0. The van der Waals surface area contributed by atoms with E-state index >= 15 is 0 Å². The standard InChI is InChI=1S/C17H20N2O2/c1-11-4-9-15(14-3-2-10-18-16(11)14)19-13-7-5-12(6-8-13)17(20)21/h2-4,9-10,12-13,19H,5-8H2,1H3,(H,20,21). The van der Waals surface area contributed by atoms with Crippen LogP contribution in [0.2, 0.25) is 0 Å². The van der Waals surface area contributed by atoms with Gasteiger partial charge in [0.05, 0.1) is 11.4 Å². The van der Waals surface area contributed by atoms with Crippen LogP contribution in [0.15, 0.2) is 30.5 Å². The number of rotatable bonds is 3. The largest absolute Gasteiger partial charge is 0.481 e. The predicted molar refractivity (Wildman–Crippen MR) is 83.5 cm³/mol. The Bertz CT molecular complexity index is 661. The van der Waals surface area contributed by atoms with E-state index in [0.717, 1.165) is 42.3 Å². The number of nitrogens with zero attached hydrogens (tertiary/aromatic N) is 1. The third kappa shape index (κ3) is 2.84. The van der Waals surface area contributed by atoms with Gasteiger partial charge in [-0.15, -0.1) is 0 Å². The quantitative estimate of drug-likeness (QED) is 0.904. The number of carbonyl (C=O) groups is 1. The van der Waals surface area contributed by atoms with Gasteiger partial charge in [0.1, 0.15) is 0 Å². The van der Waals surface area contributed by atoms with Crippen LogP contribution in [0.4, 0.5) is 5.69 Å². The summed E-state index contributed by atoms with van der Waals surface area (Å²) in [6, 6.07) is 8.57. The summed E-state index contributed by atoms with van der Waals surface area (Å²) in [4.78, 5) is 15.5. The van der Waals surface area contributed by atoms with Crippen LogP contribution in [-0.4, -0.2) is 22.1 Å². The van der Waals surface area contributed by atoms with Gasteiger partial charge in [0.2, 0.25) is 0 Å². The molecule has 1 aliphatic carbocycles. The van der Waals surface area contributed by atoms with Crippen LogP contribution in [0, 0.1) is 12.8 Å². The molecule has 1 fully saturated rings. The highest BCUT2D eigenvalue weighted by molar-refractivity contribution is 5.93. The average molecular weight is 284 g/mol. The molecule has 0 spiro atoms. The second-order valence-electron chi connectivity index (χ2n) is 5.86. The highest BCUT2D eigenvalue weighted by Gasteiger charge is 2.26. The van der Waals surface area contributed by atoms with Crippen molar-refractivity contribution in [2.45, 2.75) is 38.6 Å². The molecule has 2 aromatic rings. The van der Waals surface area contributed by atoms with Crippen LogP contribution >= 0.6 is 0 Å². The molecule has 21 heavy (non-hydrogen) atoms. The Morgan fingerprint density at radius 3 is 2.71 bits per heavy atom. The van der Waals surface area contributed by atoms with E-state index in [1.54, 1.807) is 0 Å². The monoisotopic (exact) mass is 284 g/mol. The molecule has 1 aromatic carbocycles. The van der Waals surface area contributed by atoms with E-state index in [1.807, 2.05) is 12.3 Å². The summed E-state index contributed by atoms with van der Waals surface area (Å²) in [5, 5.41) is 13.8.